The summed E-state index contributed by atoms with van der Waals surface area (Å²) in [6.45, 7) is 3.01. The van der Waals surface area contributed by atoms with Crippen LogP contribution in [0.25, 0.3) is 0 Å². The Morgan fingerprint density at radius 2 is 1.40 bits per heavy atom. The fraction of sp³-hybridized carbons (Fsp3) is 0.696. The van der Waals surface area contributed by atoms with E-state index in [1.54, 1.807) is 17.3 Å². The second-order valence-electron chi connectivity index (χ2n) is 9.00. The second-order valence-corrected chi connectivity index (χ2v) is 9.00. The van der Waals surface area contributed by atoms with E-state index in [0.29, 0.717) is 19.1 Å². The standard InChI is InChI=1S/C23H34N4O3/c1-24-22(29)19-15-27(18-7-3-2-4-8-18)16-20(21(19)28)23(30)26-13-11-25(12-14-26)17-9-5-6-10-17/h15-18H,2-14H2,1H3,(H,24,29). The van der Waals surface area contributed by atoms with Gasteiger partial charge in [-0.1, -0.05) is 32.1 Å². The van der Waals surface area contributed by atoms with Crippen LogP contribution in [0.2, 0.25) is 0 Å². The van der Waals surface area contributed by atoms with Crippen LogP contribution in [0.4, 0.5) is 0 Å². The van der Waals surface area contributed by atoms with Crippen molar-refractivity contribution in [1.82, 2.24) is 19.7 Å². The van der Waals surface area contributed by atoms with Crippen LogP contribution in [0.3, 0.4) is 0 Å². The van der Waals surface area contributed by atoms with Crippen LogP contribution in [-0.4, -0.2) is 65.4 Å². The summed E-state index contributed by atoms with van der Waals surface area (Å²) < 4.78 is 1.95. The van der Waals surface area contributed by atoms with Gasteiger partial charge in [0.1, 0.15) is 11.1 Å². The lowest BCUT2D eigenvalue weighted by molar-refractivity contribution is 0.0571. The van der Waals surface area contributed by atoms with Crippen molar-refractivity contribution < 1.29 is 9.59 Å². The number of hydrogen-bond acceptors (Lipinski definition) is 4. The van der Waals surface area contributed by atoms with Crippen LogP contribution in [0.15, 0.2) is 17.2 Å². The summed E-state index contributed by atoms with van der Waals surface area (Å²) in [5.41, 5.74) is -0.251. The SMILES string of the molecule is CNC(=O)c1cn(C2CCCCC2)cc(C(=O)N2CCN(C3CCCC3)CC2)c1=O. The van der Waals surface area contributed by atoms with Crippen molar-refractivity contribution in [1.29, 1.82) is 0 Å². The van der Waals surface area contributed by atoms with Gasteiger partial charge in [-0.25, -0.2) is 0 Å². The molecule has 1 N–H and O–H groups in total. The molecule has 0 atom stereocenters. The van der Waals surface area contributed by atoms with E-state index in [1.165, 1.54) is 39.2 Å². The van der Waals surface area contributed by atoms with Gasteiger partial charge < -0.3 is 14.8 Å². The Bertz CT molecular complexity index is 829. The van der Waals surface area contributed by atoms with Gasteiger partial charge in [-0.15, -0.1) is 0 Å². The van der Waals surface area contributed by atoms with Gasteiger partial charge in [0, 0.05) is 57.7 Å². The first kappa shape index (κ1) is 21.1. The molecule has 1 aliphatic heterocycles. The van der Waals surface area contributed by atoms with Gasteiger partial charge in [0.15, 0.2) is 0 Å². The smallest absolute Gasteiger partial charge is 0.259 e. The molecular weight excluding hydrogens is 380 g/mol. The average Bonchev–Trinajstić information content (AvgIpc) is 3.34. The minimum Gasteiger partial charge on any atom is -0.355 e. The highest BCUT2D eigenvalue weighted by Crippen LogP contribution is 2.28. The number of aromatic nitrogens is 1. The van der Waals surface area contributed by atoms with E-state index in [0.717, 1.165) is 38.8 Å². The molecule has 0 aromatic carbocycles. The van der Waals surface area contributed by atoms with Crippen LogP contribution in [0.5, 0.6) is 0 Å². The Morgan fingerprint density at radius 1 is 0.833 bits per heavy atom. The highest BCUT2D eigenvalue weighted by atomic mass is 16.2. The van der Waals surface area contributed by atoms with Gasteiger partial charge in [0.25, 0.3) is 11.8 Å². The molecule has 2 aliphatic carbocycles. The maximum absolute atomic E-state index is 13.3. The third-order valence-electron chi connectivity index (χ3n) is 7.19. The molecule has 2 saturated carbocycles. The van der Waals surface area contributed by atoms with Crippen molar-refractivity contribution in [2.75, 3.05) is 33.2 Å². The third kappa shape index (κ3) is 4.31. The number of carbonyl (C=O) groups excluding carboxylic acids is 2. The van der Waals surface area contributed by atoms with Crippen molar-refractivity contribution in [2.24, 2.45) is 0 Å². The molecule has 2 amide bonds. The molecule has 7 heteroatoms. The highest BCUT2D eigenvalue weighted by molar-refractivity contribution is 5.99. The first-order valence-corrected chi connectivity index (χ1v) is 11.6. The summed E-state index contributed by atoms with van der Waals surface area (Å²) in [7, 11) is 1.52. The Labute approximate surface area is 178 Å². The number of piperazine rings is 1. The zero-order chi connectivity index (χ0) is 21.1. The first-order valence-electron chi connectivity index (χ1n) is 11.6. The summed E-state index contributed by atoms with van der Waals surface area (Å²) in [5, 5.41) is 2.55. The van der Waals surface area contributed by atoms with E-state index in [1.807, 2.05) is 4.57 Å². The fourth-order valence-corrected chi connectivity index (χ4v) is 5.37. The Balaban J connectivity index is 1.56. The van der Waals surface area contributed by atoms with Crippen LogP contribution in [-0.2, 0) is 0 Å². The minimum atomic E-state index is -0.454. The molecular formula is C23H34N4O3. The molecule has 0 radical (unpaired) electrons. The predicted octanol–water partition coefficient (Wildman–Crippen LogP) is 2.41. The Hall–Kier alpha value is -2.15. The Morgan fingerprint density at radius 3 is 2.03 bits per heavy atom. The van der Waals surface area contributed by atoms with E-state index in [-0.39, 0.29) is 23.1 Å². The largest absolute Gasteiger partial charge is 0.355 e. The van der Waals surface area contributed by atoms with Gasteiger partial charge in [-0.2, -0.15) is 0 Å². The molecule has 3 fully saturated rings. The molecule has 1 aromatic rings. The maximum Gasteiger partial charge on any atom is 0.259 e. The highest BCUT2D eigenvalue weighted by Gasteiger charge is 2.30. The number of nitrogens with zero attached hydrogens (tertiary/aromatic N) is 3. The molecule has 4 rings (SSSR count). The lowest BCUT2D eigenvalue weighted by Gasteiger charge is -2.38. The van der Waals surface area contributed by atoms with Gasteiger partial charge in [0.2, 0.25) is 5.43 Å². The minimum absolute atomic E-state index is 0.0681. The van der Waals surface area contributed by atoms with Crippen LogP contribution < -0.4 is 10.7 Å². The molecule has 2 heterocycles. The number of amides is 2. The monoisotopic (exact) mass is 414 g/mol. The molecule has 30 heavy (non-hydrogen) atoms. The number of nitrogens with one attached hydrogen (secondary N) is 1. The zero-order valence-corrected chi connectivity index (χ0v) is 18.1. The molecule has 1 saturated heterocycles. The lowest BCUT2D eigenvalue weighted by atomic mass is 9.95. The van der Waals surface area contributed by atoms with Gasteiger partial charge in [-0.3, -0.25) is 19.3 Å². The average molecular weight is 415 g/mol. The third-order valence-corrected chi connectivity index (χ3v) is 7.19. The lowest BCUT2D eigenvalue weighted by Crippen LogP contribution is -2.52. The zero-order valence-electron chi connectivity index (χ0n) is 18.1. The fourth-order valence-electron chi connectivity index (χ4n) is 5.37. The van der Waals surface area contributed by atoms with Gasteiger partial charge >= 0.3 is 0 Å². The van der Waals surface area contributed by atoms with E-state index >= 15 is 0 Å². The van der Waals surface area contributed by atoms with Crippen molar-refractivity contribution in [2.45, 2.75) is 69.9 Å². The number of carbonyl (C=O) groups is 2. The van der Waals surface area contributed by atoms with Crippen LogP contribution in [0, 0.1) is 0 Å². The summed E-state index contributed by atoms with van der Waals surface area (Å²) in [6, 6.07) is 0.899. The van der Waals surface area contributed by atoms with Crippen molar-refractivity contribution >= 4 is 11.8 Å². The van der Waals surface area contributed by atoms with Crippen LogP contribution in [0.1, 0.15) is 84.5 Å². The molecule has 3 aliphatic rings. The topological polar surface area (TPSA) is 74.7 Å². The number of hydrogen-bond donors (Lipinski definition) is 1. The van der Waals surface area contributed by atoms with E-state index < -0.39 is 11.3 Å². The summed E-state index contributed by atoms with van der Waals surface area (Å²) in [4.78, 5) is 43.0. The van der Waals surface area contributed by atoms with Crippen LogP contribution >= 0.6 is 0 Å². The number of pyridine rings is 1. The maximum atomic E-state index is 13.3. The van der Waals surface area contributed by atoms with Crippen molar-refractivity contribution in [3.05, 3.63) is 33.7 Å². The van der Waals surface area contributed by atoms with E-state index in [9.17, 15) is 14.4 Å². The van der Waals surface area contributed by atoms with Gasteiger partial charge in [0.05, 0.1) is 0 Å². The Kier molecular flexibility index (Phi) is 6.56. The quantitative estimate of drug-likeness (QED) is 0.821. The van der Waals surface area contributed by atoms with Crippen molar-refractivity contribution in [3.63, 3.8) is 0 Å². The molecule has 1 aromatic heterocycles. The van der Waals surface area contributed by atoms with E-state index in [4.69, 9.17) is 0 Å². The second kappa shape index (κ2) is 9.33. The molecule has 164 valence electrons. The summed E-state index contributed by atoms with van der Waals surface area (Å²) in [6.07, 6.45) is 14.0. The molecule has 0 unspecified atom stereocenters. The summed E-state index contributed by atoms with van der Waals surface area (Å²) in [5.74, 6) is -0.661. The molecule has 7 nitrogen and oxygen atoms in total. The van der Waals surface area contributed by atoms with E-state index in [2.05, 4.69) is 10.2 Å². The van der Waals surface area contributed by atoms with Gasteiger partial charge in [-0.05, 0) is 25.7 Å². The van der Waals surface area contributed by atoms with Crippen molar-refractivity contribution in [3.8, 4) is 0 Å². The number of rotatable bonds is 4. The predicted molar refractivity (Wildman–Crippen MR) is 116 cm³/mol. The first-order chi connectivity index (χ1) is 14.6. The summed E-state index contributed by atoms with van der Waals surface area (Å²) >= 11 is 0. The normalized spacial score (nSPS) is 21.7. The molecule has 0 spiro atoms. The molecule has 0 bridgehead atoms.